The third-order valence-electron chi connectivity index (χ3n) is 4.60. The summed E-state index contributed by atoms with van der Waals surface area (Å²) in [7, 11) is -3.78. The maximum atomic E-state index is 12.6. The highest BCUT2D eigenvalue weighted by molar-refractivity contribution is 7.92. The van der Waals surface area contributed by atoms with Crippen molar-refractivity contribution in [1.29, 1.82) is 0 Å². The smallest absolute Gasteiger partial charge is 0.262 e. The zero-order valence-electron chi connectivity index (χ0n) is 17.4. The predicted molar refractivity (Wildman–Crippen MR) is 123 cm³/mol. The molecular weight excluding hydrogens is 436 g/mol. The highest BCUT2D eigenvalue weighted by atomic mass is 35.5. The molecule has 0 aliphatic heterocycles. The maximum Gasteiger partial charge on any atom is 0.262 e. The van der Waals surface area contributed by atoms with Gasteiger partial charge >= 0.3 is 0 Å². The topological polar surface area (TPSA) is 84.5 Å². The number of sulfonamides is 1. The minimum Gasteiger partial charge on any atom is -0.484 e. The van der Waals surface area contributed by atoms with Crippen LogP contribution in [0.3, 0.4) is 0 Å². The third kappa shape index (κ3) is 5.99. The Morgan fingerprint density at radius 1 is 0.935 bits per heavy atom. The summed E-state index contributed by atoms with van der Waals surface area (Å²) in [5.74, 6) is 0.0803. The van der Waals surface area contributed by atoms with E-state index < -0.39 is 10.0 Å². The summed E-state index contributed by atoms with van der Waals surface area (Å²) in [6.45, 7) is 5.50. The minimum absolute atomic E-state index is 0.0661. The van der Waals surface area contributed by atoms with Gasteiger partial charge in [0.25, 0.3) is 15.9 Å². The van der Waals surface area contributed by atoms with Crippen LogP contribution in [0.5, 0.6) is 5.75 Å². The third-order valence-corrected chi connectivity index (χ3v) is 6.40. The number of hydrogen-bond acceptors (Lipinski definition) is 4. The van der Waals surface area contributed by atoms with Gasteiger partial charge < -0.3 is 10.1 Å². The monoisotopic (exact) mass is 458 g/mol. The van der Waals surface area contributed by atoms with Crippen LogP contribution in [0.1, 0.15) is 16.7 Å². The molecule has 0 aromatic heterocycles. The van der Waals surface area contributed by atoms with Gasteiger partial charge in [-0.1, -0.05) is 29.8 Å². The van der Waals surface area contributed by atoms with Crippen molar-refractivity contribution in [2.45, 2.75) is 25.7 Å². The van der Waals surface area contributed by atoms with E-state index in [0.29, 0.717) is 16.5 Å². The number of rotatable bonds is 7. The van der Waals surface area contributed by atoms with Gasteiger partial charge in [-0.15, -0.1) is 0 Å². The van der Waals surface area contributed by atoms with Crippen LogP contribution in [0.25, 0.3) is 0 Å². The Morgan fingerprint density at radius 3 is 2.29 bits per heavy atom. The largest absolute Gasteiger partial charge is 0.484 e. The number of ether oxygens (including phenoxy) is 1. The van der Waals surface area contributed by atoms with Gasteiger partial charge in [0.1, 0.15) is 5.75 Å². The van der Waals surface area contributed by atoms with Gasteiger partial charge in [0.15, 0.2) is 6.61 Å². The van der Waals surface area contributed by atoms with Crippen molar-refractivity contribution < 1.29 is 17.9 Å². The number of anilines is 2. The van der Waals surface area contributed by atoms with Gasteiger partial charge in [-0.25, -0.2) is 8.42 Å². The Morgan fingerprint density at radius 2 is 1.61 bits per heavy atom. The van der Waals surface area contributed by atoms with Crippen LogP contribution in [0.4, 0.5) is 11.4 Å². The van der Waals surface area contributed by atoms with E-state index >= 15 is 0 Å². The van der Waals surface area contributed by atoms with Crippen molar-refractivity contribution >= 4 is 38.9 Å². The number of carbonyl (C=O) groups excluding carboxylic acids is 1. The number of hydrogen-bond donors (Lipinski definition) is 2. The molecule has 0 heterocycles. The van der Waals surface area contributed by atoms with Gasteiger partial charge in [-0.05, 0) is 79.9 Å². The number of nitrogens with one attached hydrogen (secondary N) is 2. The number of benzene rings is 3. The molecule has 0 aliphatic carbocycles. The van der Waals surface area contributed by atoms with Crippen LogP contribution in [0.15, 0.2) is 65.6 Å². The molecule has 31 heavy (non-hydrogen) atoms. The molecule has 0 unspecified atom stereocenters. The quantitative estimate of drug-likeness (QED) is 0.516. The Balaban J connectivity index is 1.60. The molecule has 0 saturated carbocycles. The van der Waals surface area contributed by atoms with Crippen molar-refractivity contribution in [3.05, 3.63) is 82.4 Å². The Kier molecular flexibility index (Phi) is 6.87. The molecule has 0 saturated heterocycles. The normalized spacial score (nSPS) is 11.1. The molecule has 2 N–H and O–H groups in total. The van der Waals surface area contributed by atoms with E-state index in [1.165, 1.54) is 24.3 Å². The van der Waals surface area contributed by atoms with Gasteiger partial charge in [0.05, 0.1) is 10.6 Å². The highest BCUT2D eigenvalue weighted by Gasteiger charge is 2.15. The highest BCUT2D eigenvalue weighted by Crippen LogP contribution is 2.24. The average Bonchev–Trinajstić information content (AvgIpc) is 2.72. The Labute approximate surface area is 187 Å². The summed E-state index contributed by atoms with van der Waals surface area (Å²) in [5.41, 5.74) is 3.96. The van der Waals surface area contributed by atoms with E-state index in [2.05, 4.69) is 10.0 Å². The number of amides is 1. The lowest BCUT2D eigenvalue weighted by Gasteiger charge is -2.11. The lowest BCUT2D eigenvalue weighted by molar-refractivity contribution is -0.118. The van der Waals surface area contributed by atoms with Gasteiger partial charge in [0, 0.05) is 10.7 Å². The molecule has 1 amide bonds. The minimum atomic E-state index is -3.78. The van der Waals surface area contributed by atoms with Crippen LogP contribution in [-0.2, 0) is 14.8 Å². The summed E-state index contributed by atoms with van der Waals surface area (Å²) in [4.78, 5) is 12.2. The van der Waals surface area contributed by atoms with Crippen LogP contribution < -0.4 is 14.8 Å². The predicted octanol–water partition coefficient (Wildman–Crippen LogP) is 5.08. The fourth-order valence-corrected chi connectivity index (χ4v) is 4.02. The fraction of sp³-hybridized carbons (Fsp3) is 0.174. The van der Waals surface area contributed by atoms with E-state index in [-0.39, 0.29) is 17.4 Å². The summed E-state index contributed by atoms with van der Waals surface area (Å²) in [6.07, 6.45) is 0. The van der Waals surface area contributed by atoms with E-state index in [9.17, 15) is 13.2 Å². The lowest BCUT2D eigenvalue weighted by atomic mass is 10.1. The van der Waals surface area contributed by atoms with E-state index in [1.807, 2.05) is 39.0 Å². The first kappa shape index (κ1) is 22.7. The molecule has 0 spiro atoms. The van der Waals surface area contributed by atoms with Crippen molar-refractivity contribution in [1.82, 2.24) is 0 Å². The van der Waals surface area contributed by atoms with Crippen LogP contribution in [0.2, 0.25) is 5.02 Å². The molecular formula is C23H23ClN2O4S. The molecule has 3 aromatic carbocycles. The molecule has 3 aromatic rings. The van der Waals surface area contributed by atoms with E-state index in [0.717, 1.165) is 22.4 Å². The first-order chi connectivity index (χ1) is 14.6. The second kappa shape index (κ2) is 9.41. The van der Waals surface area contributed by atoms with Crippen molar-refractivity contribution in [3.8, 4) is 5.75 Å². The number of aryl methyl sites for hydroxylation is 3. The second-order valence-electron chi connectivity index (χ2n) is 7.20. The maximum absolute atomic E-state index is 12.6. The number of halogens is 1. The van der Waals surface area contributed by atoms with Crippen molar-refractivity contribution in [2.24, 2.45) is 0 Å². The lowest BCUT2D eigenvalue weighted by Crippen LogP contribution is -2.20. The first-order valence-electron chi connectivity index (χ1n) is 9.53. The molecule has 0 radical (unpaired) electrons. The molecule has 0 fully saturated rings. The zero-order chi connectivity index (χ0) is 22.6. The van der Waals surface area contributed by atoms with Crippen LogP contribution in [0, 0.1) is 20.8 Å². The Bertz CT molecular complexity index is 1210. The number of carbonyl (C=O) groups is 1. The zero-order valence-corrected chi connectivity index (χ0v) is 19.0. The molecule has 0 aliphatic rings. The van der Waals surface area contributed by atoms with Crippen molar-refractivity contribution in [2.75, 3.05) is 16.6 Å². The summed E-state index contributed by atoms with van der Waals surface area (Å²) in [5, 5.41) is 3.29. The summed E-state index contributed by atoms with van der Waals surface area (Å²) < 4.78 is 33.1. The SMILES string of the molecule is Cc1ccc(C)c(NC(=O)COc2ccc(S(=O)(=O)Nc3ccc(C)c(Cl)c3)cc2)c1. The fourth-order valence-electron chi connectivity index (χ4n) is 2.79. The molecule has 3 rings (SSSR count). The first-order valence-corrected chi connectivity index (χ1v) is 11.4. The van der Waals surface area contributed by atoms with Gasteiger partial charge in [0.2, 0.25) is 0 Å². The van der Waals surface area contributed by atoms with Gasteiger partial charge in [-0.2, -0.15) is 0 Å². The molecule has 0 atom stereocenters. The van der Waals surface area contributed by atoms with Crippen LogP contribution >= 0.6 is 11.6 Å². The van der Waals surface area contributed by atoms with Gasteiger partial charge in [-0.3, -0.25) is 9.52 Å². The molecule has 0 bridgehead atoms. The molecule has 162 valence electrons. The van der Waals surface area contributed by atoms with E-state index in [4.69, 9.17) is 16.3 Å². The standard InChI is InChI=1S/C23H23ClN2O4S/c1-15-4-5-17(3)22(12-15)25-23(27)14-30-19-8-10-20(11-9-19)31(28,29)26-18-7-6-16(2)21(24)13-18/h4-13,26H,14H2,1-3H3,(H,25,27). The Hall–Kier alpha value is -3.03. The summed E-state index contributed by atoms with van der Waals surface area (Å²) >= 11 is 6.05. The molecule has 6 nitrogen and oxygen atoms in total. The van der Waals surface area contributed by atoms with Crippen LogP contribution in [-0.4, -0.2) is 20.9 Å². The molecule has 8 heteroatoms. The van der Waals surface area contributed by atoms with Crippen molar-refractivity contribution in [3.63, 3.8) is 0 Å². The second-order valence-corrected chi connectivity index (χ2v) is 9.29. The average molecular weight is 459 g/mol. The van der Waals surface area contributed by atoms with E-state index in [1.54, 1.807) is 18.2 Å². The summed E-state index contributed by atoms with van der Waals surface area (Å²) in [6, 6.07) is 16.6.